The first-order chi connectivity index (χ1) is 9.49. The van der Waals surface area contributed by atoms with Crippen molar-refractivity contribution in [3.8, 4) is 0 Å². The third-order valence-electron chi connectivity index (χ3n) is 3.86. The molecule has 1 heterocycles. The fourth-order valence-electron chi connectivity index (χ4n) is 2.58. The van der Waals surface area contributed by atoms with Gasteiger partial charge in [0, 0.05) is 18.0 Å². The largest absolute Gasteiger partial charge is 0.480 e. The van der Waals surface area contributed by atoms with Crippen LogP contribution >= 0.6 is 0 Å². The molecule has 1 saturated heterocycles. The smallest absolute Gasteiger partial charge is 0.320 e. The van der Waals surface area contributed by atoms with Crippen molar-refractivity contribution < 1.29 is 19.1 Å². The summed E-state index contributed by atoms with van der Waals surface area (Å²) < 4.78 is 12.9. The van der Waals surface area contributed by atoms with E-state index in [2.05, 4.69) is 0 Å². The molecule has 0 amide bonds. The van der Waals surface area contributed by atoms with Crippen LogP contribution < -0.4 is 0 Å². The van der Waals surface area contributed by atoms with Gasteiger partial charge in [-0.25, -0.2) is 4.39 Å². The van der Waals surface area contributed by atoms with Gasteiger partial charge in [0.25, 0.3) is 0 Å². The van der Waals surface area contributed by atoms with E-state index in [1.807, 2.05) is 4.90 Å². The molecule has 0 aliphatic carbocycles. The van der Waals surface area contributed by atoms with Crippen LogP contribution in [0.4, 0.5) is 4.39 Å². The van der Waals surface area contributed by atoms with Gasteiger partial charge in [0.1, 0.15) is 11.9 Å². The number of nitrogens with zero attached hydrogens (tertiary/aromatic N) is 1. The van der Waals surface area contributed by atoms with Crippen molar-refractivity contribution in [1.82, 2.24) is 4.90 Å². The third kappa shape index (κ3) is 3.22. The molecule has 1 N–H and O–H groups in total. The number of carboxylic acid groups (broad SMARTS) is 1. The van der Waals surface area contributed by atoms with Crippen molar-refractivity contribution >= 4 is 11.8 Å². The van der Waals surface area contributed by atoms with Crippen molar-refractivity contribution in [2.75, 3.05) is 13.1 Å². The number of hydrogen-bond acceptors (Lipinski definition) is 3. The normalized spacial score (nSPS) is 21.4. The molecule has 0 spiro atoms. The topological polar surface area (TPSA) is 57.6 Å². The summed E-state index contributed by atoms with van der Waals surface area (Å²) in [6.07, 6.45) is 1.55. The molecule has 20 heavy (non-hydrogen) atoms. The minimum absolute atomic E-state index is 0.0349. The van der Waals surface area contributed by atoms with E-state index < -0.39 is 12.0 Å². The molecule has 108 valence electrons. The highest BCUT2D eigenvalue weighted by atomic mass is 19.1. The molecule has 2 atom stereocenters. The highest BCUT2D eigenvalue weighted by molar-refractivity contribution is 5.98. The molecule has 1 fully saturated rings. The zero-order valence-electron chi connectivity index (χ0n) is 11.4. The van der Waals surface area contributed by atoms with Crippen LogP contribution in [-0.2, 0) is 4.79 Å². The predicted molar refractivity (Wildman–Crippen MR) is 72.1 cm³/mol. The minimum atomic E-state index is -0.875. The summed E-state index contributed by atoms with van der Waals surface area (Å²) in [5.74, 6) is -1.49. The van der Waals surface area contributed by atoms with Crippen LogP contribution in [0.5, 0.6) is 0 Å². The summed E-state index contributed by atoms with van der Waals surface area (Å²) in [6.45, 7) is 2.78. The number of carbonyl (C=O) groups is 2. The van der Waals surface area contributed by atoms with Crippen LogP contribution in [0.2, 0.25) is 0 Å². The van der Waals surface area contributed by atoms with E-state index in [0.717, 1.165) is 12.8 Å². The molecule has 4 nitrogen and oxygen atoms in total. The van der Waals surface area contributed by atoms with Crippen LogP contribution in [0.15, 0.2) is 24.3 Å². The zero-order valence-corrected chi connectivity index (χ0v) is 11.4. The number of rotatable bonds is 4. The zero-order chi connectivity index (χ0) is 14.7. The van der Waals surface area contributed by atoms with Gasteiger partial charge in [-0.2, -0.15) is 0 Å². The van der Waals surface area contributed by atoms with E-state index >= 15 is 0 Å². The summed E-state index contributed by atoms with van der Waals surface area (Å²) in [6, 6.07) is 4.93. The van der Waals surface area contributed by atoms with E-state index in [9.17, 15) is 14.0 Å². The number of ketones is 1. The van der Waals surface area contributed by atoms with Crippen molar-refractivity contribution in [3.63, 3.8) is 0 Å². The lowest BCUT2D eigenvalue weighted by molar-refractivity contribution is -0.143. The maximum atomic E-state index is 12.9. The third-order valence-corrected chi connectivity index (χ3v) is 3.86. The van der Waals surface area contributed by atoms with Gasteiger partial charge in [0.2, 0.25) is 0 Å². The number of benzene rings is 1. The Morgan fingerprint density at radius 3 is 2.60 bits per heavy atom. The van der Waals surface area contributed by atoms with Gasteiger partial charge >= 0.3 is 5.97 Å². The molecule has 0 saturated carbocycles. The number of hydrogen-bond donors (Lipinski definition) is 1. The van der Waals surface area contributed by atoms with Crippen LogP contribution in [0, 0.1) is 11.7 Å². The van der Waals surface area contributed by atoms with Crippen LogP contribution in [0.25, 0.3) is 0 Å². The Bertz CT molecular complexity index is 500. The van der Waals surface area contributed by atoms with Crippen LogP contribution in [0.1, 0.15) is 30.1 Å². The molecule has 1 aliphatic rings. The number of carboxylic acids is 1. The van der Waals surface area contributed by atoms with Gasteiger partial charge < -0.3 is 5.11 Å². The van der Waals surface area contributed by atoms with Gasteiger partial charge in [-0.05, 0) is 50.6 Å². The number of halogens is 1. The molecule has 5 heteroatoms. The minimum Gasteiger partial charge on any atom is -0.480 e. The second kappa shape index (κ2) is 6.13. The van der Waals surface area contributed by atoms with Crippen molar-refractivity contribution in [2.45, 2.75) is 25.8 Å². The maximum Gasteiger partial charge on any atom is 0.320 e. The van der Waals surface area contributed by atoms with Gasteiger partial charge in [0.05, 0.1) is 0 Å². The van der Waals surface area contributed by atoms with E-state index in [1.165, 1.54) is 24.3 Å². The molecule has 0 unspecified atom stereocenters. The number of likely N-dealkylation sites (tertiary alicyclic amines) is 1. The number of aliphatic carboxylic acids is 1. The quantitative estimate of drug-likeness (QED) is 0.858. The molecule has 2 rings (SSSR count). The lowest BCUT2D eigenvalue weighted by atomic mass is 9.89. The van der Waals surface area contributed by atoms with Crippen molar-refractivity contribution in [2.24, 2.45) is 5.92 Å². The Balaban J connectivity index is 2.06. The Hall–Kier alpha value is -1.75. The summed E-state index contributed by atoms with van der Waals surface area (Å²) in [5.41, 5.74) is 0.487. The highest BCUT2D eigenvalue weighted by Gasteiger charge is 2.31. The molecule has 0 bridgehead atoms. The molecule has 1 aromatic carbocycles. The number of piperidine rings is 1. The Labute approximate surface area is 117 Å². The van der Waals surface area contributed by atoms with Crippen molar-refractivity contribution in [1.29, 1.82) is 0 Å². The summed E-state index contributed by atoms with van der Waals surface area (Å²) in [7, 11) is 0. The molecular formula is C15H18FNO3. The molecule has 1 aliphatic heterocycles. The van der Waals surface area contributed by atoms with Crippen LogP contribution in [0.3, 0.4) is 0 Å². The first kappa shape index (κ1) is 14.7. The van der Waals surface area contributed by atoms with E-state index in [1.54, 1.807) is 6.92 Å². The lowest BCUT2D eigenvalue weighted by Crippen LogP contribution is -2.46. The monoisotopic (exact) mass is 279 g/mol. The van der Waals surface area contributed by atoms with Gasteiger partial charge in [-0.3, -0.25) is 14.5 Å². The fraction of sp³-hybridized carbons (Fsp3) is 0.467. The average molecular weight is 279 g/mol. The second-order valence-electron chi connectivity index (χ2n) is 5.22. The van der Waals surface area contributed by atoms with Gasteiger partial charge in [-0.1, -0.05) is 0 Å². The fourth-order valence-corrected chi connectivity index (χ4v) is 2.58. The average Bonchev–Trinajstić information content (AvgIpc) is 2.46. The summed E-state index contributed by atoms with van der Waals surface area (Å²) in [5, 5.41) is 9.04. The lowest BCUT2D eigenvalue weighted by Gasteiger charge is -2.34. The van der Waals surface area contributed by atoms with Gasteiger partial charge in [-0.15, -0.1) is 0 Å². The summed E-state index contributed by atoms with van der Waals surface area (Å²) in [4.78, 5) is 25.2. The first-order valence-electron chi connectivity index (χ1n) is 6.75. The van der Waals surface area contributed by atoms with E-state index in [0.29, 0.717) is 18.7 Å². The van der Waals surface area contributed by atoms with Crippen molar-refractivity contribution in [3.05, 3.63) is 35.6 Å². The first-order valence-corrected chi connectivity index (χ1v) is 6.75. The molecule has 1 aromatic rings. The Kier molecular flexibility index (Phi) is 4.49. The number of carbonyl (C=O) groups excluding carboxylic acids is 1. The standard InChI is InChI=1S/C15H18FNO3/c1-10(15(19)20)17-8-2-3-12(9-17)14(18)11-4-6-13(16)7-5-11/h4-7,10,12H,2-3,8-9H2,1H3,(H,19,20)/t10-,12-/m0/s1. The van der Waals surface area contributed by atoms with Crippen LogP contribution in [-0.4, -0.2) is 40.9 Å². The summed E-state index contributed by atoms with van der Waals surface area (Å²) >= 11 is 0. The maximum absolute atomic E-state index is 12.9. The van der Waals surface area contributed by atoms with Gasteiger partial charge in [0.15, 0.2) is 5.78 Å². The molecular weight excluding hydrogens is 261 g/mol. The van der Waals surface area contributed by atoms with E-state index in [4.69, 9.17) is 5.11 Å². The highest BCUT2D eigenvalue weighted by Crippen LogP contribution is 2.22. The predicted octanol–water partition coefficient (Wildman–Crippen LogP) is 2.19. The molecule has 0 radical (unpaired) electrons. The number of Topliss-reactive ketones (excluding diaryl/α,β-unsaturated/α-hetero) is 1. The van der Waals surface area contributed by atoms with E-state index in [-0.39, 0.29) is 17.5 Å². The second-order valence-corrected chi connectivity index (χ2v) is 5.22. The molecule has 0 aromatic heterocycles. The SMILES string of the molecule is C[C@@H](C(=O)O)N1CCC[C@H](C(=O)c2ccc(F)cc2)C1. The Morgan fingerprint density at radius 2 is 2.00 bits per heavy atom. The Morgan fingerprint density at radius 1 is 1.35 bits per heavy atom.